The van der Waals surface area contributed by atoms with Gasteiger partial charge >= 0.3 is 6.09 Å². The predicted octanol–water partition coefficient (Wildman–Crippen LogP) is 4.82. The summed E-state index contributed by atoms with van der Waals surface area (Å²) >= 11 is 0. The lowest BCUT2D eigenvalue weighted by Gasteiger charge is -2.32. The molecule has 11 nitrogen and oxygen atoms in total. The number of benzene rings is 1. The molecule has 1 fully saturated rings. The van der Waals surface area contributed by atoms with Crippen LogP contribution in [0.1, 0.15) is 79.2 Å². The minimum absolute atomic E-state index is 0.103. The monoisotopic (exact) mass is 665 g/mol. The molecule has 0 radical (unpaired) electrons. The lowest BCUT2D eigenvalue weighted by Crippen LogP contribution is -2.48. The van der Waals surface area contributed by atoms with E-state index >= 15 is 0 Å². The van der Waals surface area contributed by atoms with Crippen molar-refractivity contribution in [2.24, 2.45) is 17.8 Å². The number of hydrogen-bond acceptors (Lipinski definition) is 9. The zero-order valence-corrected chi connectivity index (χ0v) is 30.4. The van der Waals surface area contributed by atoms with Crippen molar-refractivity contribution in [2.75, 3.05) is 60.7 Å². The smallest absolute Gasteiger partial charge is 0.407 e. The average Bonchev–Trinajstić information content (AvgIpc) is 3.01. The van der Waals surface area contributed by atoms with E-state index < -0.39 is 29.8 Å². The number of aliphatic hydroxyl groups excluding tert-OH is 1. The van der Waals surface area contributed by atoms with Crippen LogP contribution in [-0.4, -0.2) is 107 Å². The molecule has 2 rings (SSSR count). The first-order valence-electron chi connectivity index (χ1n) is 17.2. The Labute approximate surface area is 283 Å². The lowest BCUT2D eigenvalue weighted by atomic mass is 9.82. The lowest BCUT2D eigenvalue weighted by molar-refractivity contribution is -0.125. The Hall–Kier alpha value is -2.60. The summed E-state index contributed by atoms with van der Waals surface area (Å²) in [4.78, 5) is 28.3. The maximum atomic E-state index is 13.0. The van der Waals surface area contributed by atoms with Gasteiger partial charge in [-0.1, -0.05) is 26.8 Å². The van der Waals surface area contributed by atoms with Gasteiger partial charge in [-0.2, -0.15) is 0 Å². The maximum Gasteiger partial charge on any atom is 0.407 e. The summed E-state index contributed by atoms with van der Waals surface area (Å²) in [5.74, 6) is 1.13. The van der Waals surface area contributed by atoms with Crippen LogP contribution in [0, 0.1) is 17.8 Å². The van der Waals surface area contributed by atoms with Gasteiger partial charge in [0.05, 0.1) is 32.0 Å². The SMILES string of the molecule is COCCCOc1cc(C[C@@H](C[C@H](NC(=O)OC(C)(C)C)[C@@H](O)C[C@@H](C)C(=O)NCCN2CCC(OC)CC2)C(C)C)ccc1OC. The fraction of sp³-hybridized carbons (Fsp3) is 0.778. The third kappa shape index (κ3) is 15.4. The Morgan fingerprint density at radius 2 is 1.72 bits per heavy atom. The number of amides is 2. The fourth-order valence-electron chi connectivity index (χ4n) is 5.85. The number of hydrogen-bond donors (Lipinski definition) is 3. The quantitative estimate of drug-likeness (QED) is 0.168. The summed E-state index contributed by atoms with van der Waals surface area (Å²) in [5, 5.41) is 17.5. The van der Waals surface area contributed by atoms with Gasteiger partial charge in [0.15, 0.2) is 11.5 Å². The zero-order chi connectivity index (χ0) is 35.0. The van der Waals surface area contributed by atoms with E-state index in [9.17, 15) is 14.7 Å². The fourth-order valence-corrected chi connectivity index (χ4v) is 5.85. The number of carbonyl (C=O) groups is 2. The van der Waals surface area contributed by atoms with Crippen molar-refractivity contribution in [3.8, 4) is 11.5 Å². The Bertz CT molecular complexity index is 1060. The number of piperidine rings is 1. The Balaban J connectivity index is 2.09. The number of nitrogens with zero attached hydrogens (tertiary/aromatic N) is 1. The second-order valence-electron chi connectivity index (χ2n) is 14.1. The van der Waals surface area contributed by atoms with E-state index in [-0.39, 0.29) is 24.2 Å². The molecule has 11 heteroatoms. The van der Waals surface area contributed by atoms with Gasteiger partial charge < -0.3 is 44.3 Å². The van der Waals surface area contributed by atoms with Crippen LogP contribution in [0.25, 0.3) is 0 Å². The summed E-state index contributed by atoms with van der Waals surface area (Å²) in [7, 11) is 5.04. The summed E-state index contributed by atoms with van der Waals surface area (Å²) in [5.41, 5.74) is 0.377. The van der Waals surface area contributed by atoms with E-state index in [1.165, 1.54) is 0 Å². The third-order valence-electron chi connectivity index (χ3n) is 8.78. The predicted molar refractivity (Wildman–Crippen MR) is 184 cm³/mol. The summed E-state index contributed by atoms with van der Waals surface area (Å²) in [6, 6.07) is 5.32. The van der Waals surface area contributed by atoms with Crippen molar-refractivity contribution in [3.63, 3.8) is 0 Å². The largest absolute Gasteiger partial charge is 0.493 e. The first kappa shape index (κ1) is 40.6. The van der Waals surface area contributed by atoms with E-state index in [0.717, 1.165) is 44.5 Å². The Kier molecular flexibility index (Phi) is 17.9. The molecular weight excluding hydrogens is 602 g/mol. The average molecular weight is 666 g/mol. The van der Waals surface area contributed by atoms with Crippen LogP contribution in [0.3, 0.4) is 0 Å². The standard InChI is InChI=1S/C36H63N3O8/c1-25(2)28(22-27-11-12-32(45-9)33(23-27)46-20-10-19-43-7)24-30(38-35(42)47-36(4,5)6)31(40)21-26(3)34(41)37-15-18-39-16-13-29(44-8)14-17-39/h11-12,23,25-26,28-31,40H,10,13-22,24H2,1-9H3,(H,37,41)(H,38,42)/t26-,28+,30+,31+/m1/s1. The molecule has 0 unspecified atom stereocenters. The van der Waals surface area contributed by atoms with Gasteiger partial charge in [-0.25, -0.2) is 4.79 Å². The number of methoxy groups -OCH3 is 3. The first-order chi connectivity index (χ1) is 22.3. The van der Waals surface area contributed by atoms with Crippen LogP contribution < -0.4 is 20.1 Å². The third-order valence-corrected chi connectivity index (χ3v) is 8.78. The number of rotatable bonds is 20. The van der Waals surface area contributed by atoms with Gasteiger partial charge in [0.2, 0.25) is 5.91 Å². The molecule has 0 aromatic heterocycles. The van der Waals surface area contributed by atoms with Gasteiger partial charge in [-0.15, -0.1) is 0 Å². The highest BCUT2D eigenvalue weighted by molar-refractivity contribution is 5.78. The highest BCUT2D eigenvalue weighted by Gasteiger charge is 2.31. The van der Waals surface area contributed by atoms with Gasteiger partial charge in [-0.05, 0) is 82.4 Å². The summed E-state index contributed by atoms with van der Waals surface area (Å²) in [6.07, 6.45) is 2.95. The Morgan fingerprint density at radius 3 is 2.32 bits per heavy atom. The number of ether oxygens (including phenoxy) is 5. The second kappa shape index (κ2) is 20.7. The highest BCUT2D eigenvalue weighted by Crippen LogP contribution is 2.32. The van der Waals surface area contributed by atoms with Crippen molar-refractivity contribution in [3.05, 3.63) is 23.8 Å². The van der Waals surface area contributed by atoms with Crippen molar-refractivity contribution >= 4 is 12.0 Å². The molecule has 1 heterocycles. The second-order valence-corrected chi connectivity index (χ2v) is 14.1. The topological polar surface area (TPSA) is 128 Å². The zero-order valence-electron chi connectivity index (χ0n) is 30.4. The van der Waals surface area contributed by atoms with Crippen LogP contribution in [-0.2, 0) is 25.4 Å². The molecule has 0 spiro atoms. The molecule has 0 bridgehead atoms. The van der Waals surface area contributed by atoms with Crippen LogP contribution in [0.5, 0.6) is 11.5 Å². The van der Waals surface area contributed by atoms with E-state index in [2.05, 4.69) is 29.4 Å². The molecule has 0 aliphatic carbocycles. The molecule has 4 atom stereocenters. The molecule has 270 valence electrons. The number of carbonyl (C=O) groups excluding carboxylic acids is 2. The molecular formula is C36H63N3O8. The van der Waals surface area contributed by atoms with Crippen LogP contribution in [0.2, 0.25) is 0 Å². The highest BCUT2D eigenvalue weighted by atomic mass is 16.6. The summed E-state index contributed by atoms with van der Waals surface area (Å²) in [6.45, 7) is 15.9. The van der Waals surface area contributed by atoms with Gasteiger partial charge in [0, 0.05) is 59.3 Å². The van der Waals surface area contributed by atoms with Crippen molar-refractivity contribution in [1.82, 2.24) is 15.5 Å². The van der Waals surface area contributed by atoms with Gasteiger partial charge in [-0.3, -0.25) is 4.79 Å². The Morgan fingerprint density at radius 1 is 1.02 bits per heavy atom. The van der Waals surface area contributed by atoms with Crippen molar-refractivity contribution in [2.45, 2.75) is 104 Å². The van der Waals surface area contributed by atoms with Crippen molar-refractivity contribution in [1.29, 1.82) is 0 Å². The molecule has 2 amide bonds. The maximum absolute atomic E-state index is 13.0. The molecule has 1 aromatic carbocycles. The van der Waals surface area contributed by atoms with Crippen LogP contribution in [0.15, 0.2) is 18.2 Å². The number of likely N-dealkylation sites (tertiary alicyclic amines) is 1. The van der Waals surface area contributed by atoms with Crippen molar-refractivity contribution < 1.29 is 38.4 Å². The molecule has 3 N–H and O–H groups in total. The van der Waals surface area contributed by atoms with Crippen LogP contribution in [0.4, 0.5) is 4.79 Å². The number of alkyl carbamates (subject to hydrolysis) is 1. The van der Waals surface area contributed by atoms with E-state index in [1.807, 2.05) is 25.1 Å². The normalized spacial score (nSPS) is 17.1. The van der Waals surface area contributed by atoms with E-state index in [4.69, 9.17) is 23.7 Å². The van der Waals surface area contributed by atoms with Gasteiger partial charge in [0.25, 0.3) is 0 Å². The molecule has 1 saturated heterocycles. The molecule has 47 heavy (non-hydrogen) atoms. The van der Waals surface area contributed by atoms with Crippen LogP contribution >= 0.6 is 0 Å². The molecule has 1 aromatic rings. The molecule has 1 aliphatic rings. The molecule has 0 saturated carbocycles. The van der Waals surface area contributed by atoms with Gasteiger partial charge in [0.1, 0.15) is 5.60 Å². The molecule has 1 aliphatic heterocycles. The minimum atomic E-state index is -0.951. The van der Waals surface area contributed by atoms with E-state index in [1.54, 1.807) is 42.1 Å². The first-order valence-corrected chi connectivity index (χ1v) is 17.2. The van der Waals surface area contributed by atoms with E-state index in [0.29, 0.717) is 50.2 Å². The number of nitrogens with one attached hydrogen (secondary N) is 2. The minimum Gasteiger partial charge on any atom is -0.493 e. The summed E-state index contributed by atoms with van der Waals surface area (Å²) < 4.78 is 27.7. The number of aliphatic hydroxyl groups is 1.